The van der Waals surface area contributed by atoms with Crippen molar-refractivity contribution in [3.8, 4) is 11.5 Å². The molecule has 1 fully saturated rings. The van der Waals surface area contributed by atoms with Crippen LogP contribution in [0.4, 0.5) is 0 Å². The Balaban J connectivity index is 1.63. The van der Waals surface area contributed by atoms with Gasteiger partial charge < -0.3 is 24.2 Å². The third-order valence-corrected chi connectivity index (χ3v) is 5.25. The Morgan fingerprint density at radius 1 is 1.29 bits per heavy atom. The number of amides is 1. The second kappa shape index (κ2) is 9.28. The SMILES string of the molecule is CCOCCCN(CC(C)C(=O)O)C(=O)C1CC1c1ccc2c(c1)OCCO2. The molecular weight excluding hydrogens is 362 g/mol. The van der Waals surface area contributed by atoms with Crippen molar-refractivity contribution in [3.05, 3.63) is 23.8 Å². The lowest BCUT2D eigenvalue weighted by Gasteiger charge is -2.25. The van der Waals surface area contributed by atoms with Gasteiger partial charge >= 0.3 is 5.97 Å². The molecule has 0 radical (unpaired) electrons. The molecule has 0 aromatic heterocycles. The highest BCUT2D eigenvalue weighted by molar-refractivity contribution is 5.83. The molecule has 1 aromatic rings. The van der Waals surface area contributed by atoms with Gasteiger partial charge in [-0.05, 0) is 43.4 Å². The number of carbonyl (C=O) groups is 2. The number of rotatable bonds is 10. The van der Waals surface area contributed by atoms with Crippen LogP contribution in [-0.2, 0) is 14.3 Å². The minimum Gasteiger partial charge on any atom is -0.486 e. The van der Waals surface area contributed by atoms with E-state index in [2.05, 4.69) is 0 Å². The summed E-state index contributed by atoms with van der Waals surface area (Å²) in [7, 11) is 0. The number of aliphatic carboxylic acids is 1. The van der Waals surface area contributed by atoms with Crippen LogP contribution in [0.25, 0.3) is 0 Å². The largest absolute Gasteiger partial charge is 0.486 e. The van der Waals surface area contributed by atoms with Crippen molar-refractivity contribution >= 4 is 11.9 Å². The molecule has 7 heteroatoms. The molecule has 0 saturated heterocycles. The molecule has 0 bridgehead atoms. The molecule has 28 heavy (non-hydrogen) atoms. The molecule has 1 heterocycles. The van der Waals surface area contributed by atoms with Crippen LogP contribution in [0.2, 0.25) is 0 Å². The fourth-order valence-corrected chi connectivity index (χ4v) is 3.56. The Kier molecular flexibility index (Phi) is 6.78. The number of nitrogens with zero attached hydrogens (tertiary/aromatic N) is 1. The summed E-state index contributed by atoms with van der Waals surface area (Å²) in [5.74, 6) is 0.0728. The molecule has 1 aliphatic carbocycles. The standard InChI is InChI=1S/C21H29NO6/c1-3-26-8-4-7-22(13-14(2)21(24)25)20(23)17-12-16(17)15-5-6-18-19(11-15)28-10-9-27-18/h5-6,11,14,16-17H,3-4,7-10,12-13H2,1-2H3,(H,24,25). The number of benzene rings is 1. The Morgan fingerprint density at radius 2 is 2.04 bits per heavy atom. The average molecular weight is 391 g/mol. The van der Waals surface area contributed by atoms with Gasteiger partial charge in [0.05, 0.1) is 5.92 Å². The third kappa shape index (κ3) is 4.95. The topological polar surface area (TPSA) is 85.3 Å². The van der Waals surface area contributed by atoms with Crippen molar-refractivity contribution in [2.75, 3.05) is 39.5 Å². The van der Waals surface area contributed by atoms with E-state index in [0.717, 1.165) is 23.5 Å². The van der Waals surface area contributed by atoms with E-state index >= 15 is 0 Å². The van der Waals surface area contributed by atoms with E-state index in [4.69, 9.17) is 14.2 Å². The summed E-state index contributed by atoms with van der Waals surface area (Å²) < 4.78 is 16.5. The predicted octanol–water partition coefficient (Wildman–Crippen LogP) is 2.54. The van der Waals surface area contributed by atoms with Gasteiger partial charge in [-0.25, -0.2) is 0 Å². The van der Waals surface area contributed by atoms with Crippen LogP contribution in [0.5, 0.6) is 11.5 Å². The molecule has 1 aromatic carbocycles. The zero-order chi connectivity index (χ0) is 20.1. The summed E-state index contributed by atoms with van der Waals surface area (Å²) in [6, 6.07) is 5.85. The fraction of sp³-hybridized carbons (Fsp3) is 0.619. The quantitative estimate of drug-likeness (QED) is 0.617. The normalized spacial score (nSPS) is 21.1. The molecule has 154 valence electrons. The number of ether oxygens (including phenoxy) is 3. The number of carboxylic acids is 1. The lowest BCUT2D eigenvalue weighted by atomic mass is 10.1. The highest BCUT2D eigenvalue weighted by Crippen LogP contribution is 2.50. The van der Waals surface area contributed by atoms with Crippen molar-refractivity contribution in [3.63, 3.8) is 0 Å². The van der Waals surface area contributed by atoms with Gasteiger partial charge in [0.2, 0.25) is 5.91 Å². The molecular formula is C21H29NO6. The van der Waals surface area contributed by atoms with Crippen LogP contribution in [0.3, 0.4) is 0 Å². The Labute approximate surface area is 165 Å². The van der Waals surface area contributed by atoms with Gasteiger partial charge in [-0.3, -0.25) is 9.59 Å². The molecule has 0 spiro atoms. The first-order valence-electron chi connectivity index (χ1n) is 10.00. The number of carboxylic acid groups (broad SMARTS) is 1. The number of hydrogen-bond acceptors (Lipinski definition) is 5. The third-order valence-electron chi connectivity index (χ3n) is 5.25. The Morgan fingerprint density at radius 3 is 2.75 bits per heavy atom. The van der Waals surface area contributed by atoms with Crippen LogP contribution in [0, 0.1) is 11.8 Å². The van der Waals surface area contributed by atoms with E-state index in [1.165, 1.54) is 0 Å². The van der Waals surface area contributed by atoms with E-state index < -0.39 is 11.9 Å². The summed E-state index contributed by atoms with van der Waals surface area (Å²) in [6.45, 7) is 6.59. The van der Waals surface area contributed by atoms with E-state index in [1.807, 2.05) is 25.1 Å². The Hall–Kier alpha value is -2.28. The summed E-state index contributed by atoms with van der Waals surface area (Å²) in [5.41, 5.74) is 1.07. The number of fused-ring (bicyclic) bond motifs is 1. The lowest BCUT2D eigenvalue weighted by Crippen LogP contribution is -2.39. The van der Waals surface area contributed by atoms with Crippen molar-refractivity contribution in [2.24, 2.45) is 11.8 Å². The second-order valence-electron chi connectivity index (χ2n) is 7.43. The first-order chi connectivity index (χ1) is 13.5. The molecule has 1 N–H and O–H groups in total. The summed E-state index contributed by atoms with van der Waals surface area (Å²) >= 11 is 0. The van der Waals surface area contributed by atoms with Gasteiger partial charge in [-0.2, -0.15) is 0 Å². The van der Waals surface area contributed by atoms with E-state index in [1.54, 1.807) is 11.8 Å². The molecule has 3 atom stereocenters. The lowest BCUT2D eigenvalue weighted by molar-refractivity contribution is -0.143. The minimum absolute atomic E-state index is 0.0319. The van der Waals surface area contributed by atoms with E-state index in [0.29, 0.717) is 39.4 Å². The molecule has 1 saturated carbocycles. The highest BCUT2D eigenvalue weighted by Gasteiger charge is 2.46. The first kappa shape index (κ1) is 20.5. The van der Waals surface area contributed by atoms with Gasteiger partial charge in [0.1, 0.15) is 13.2 Å². The summed E-state index contributed by atoms with van der Waals surface area (Å²) in [5, 5.41) is 9.23. The Bertz CT molecular complexity index is 706. The maximum absolute atomic E-state index is 13.0. The maximum atomic E-state index is 13.0. The van der Waals surface area contributed by atoms with Crippen LogP contribution < -0.4 is 9.47 Å². The van der Waals surface area contributed by atoms with Gasteiger partial charge in [-0.15, -0.1) is 0 Å². The van der Waals surface area contributed by atoms with Gasteiger partial charge in [0.15, 0.2) is 11.5 Å². The van der Waals surface area contributed by atoms with E-state index in [9.17, 15) is 14.7 Å². The molecule has 1 aliphatic heterocycles. The average Bonchev–Trinajstić information content (AvgIpc) is 3.50. The van der Waals surface area contributed by atoms with Gasteiger partial charge in [0.25, 0.3) is 0 Å². The smallest absolute Gasteiger partial charge is 0.308 e. The number of hydrogen-bond donors (Lipinski definition) is 1. The van der Waals surface area contributed by atoms with Crippen molar-refractivity contribution < 1.29 is 28.9 Å². The molecule has 2 aliphatic rings. The summed E-state index contributed by atoms with van der Waals surface area (Å²) in [4.78, 5) is 26.0. The van der Waals surface area contributed by atoms with Gasteiger partial charge in [-0.1, -0.05) is 13.0 Å². The zero-order valence-electron chi connectivity index (χ0n) is 16.6. The molecule has 3 rings (SSSR count). The maximum Gasteiger partial charge on any atom is 0.308 e. The fourth-order valence-electron chi connectivity index (χ4n) is 3.56. The predicted molar refractivity (Wildman–Crippen MR) is 103 cm³/mol. The zero-order valence-corrected chi connectivity index (χ0v) is 16.6. The van der Waals surface area contributed by atoms with Crippen LogP contribution in [-0.4, -0.2) is 61.4 Å². The highest BCUT2D eigenvalue weighted by atomic mass is 16.6. The van der Waals surface area contributed by atoms with Crippen molar-refractivity contribution in [1.29, 1.82) is 0 Å². The summed E-state index contributed by atoms with van der Waals surface area (Å²) in [6.07, 6.45) is 1.48. The minimum atomic E-state index is -0.887. The van der Waals surface area contributed by atoms with Gasteiger partial charge in [0, 0.05) is 32.2 Å². The van der Waals surface area contributed by atoms with Crippen LogP contribution in [0.15, 0.2) is 18.2 Å². The van der Waals surface area contributed by atoms with E-state index in [-0.39, 0.29) is 24.3 Å². The molecule has 1 amide bonds. The number of carbonyl (C=O) groups excluding carboxylic acids is 1. The first-order valence-corrected chi connectivity index (χ1v) is 10.00. The van der Waals surface area contributed by atoms with Crippen molar-refractivity contribution in [1.82, 2.24) is 4.90 Å². The molecule has 3 unspecified atom stereocenters. The van der Waals surface area contributed by atoms with Crippen molar-refractivity contribution in [2.45, 2.75) is 32.6 Å². The molecule has 7 nitrogen and oxygen atoms in total. The monoisotopic (exact) mass is 391 g/mol. The van der Waals surface area contributed by atoms with Crippen LogP contribution >= 0.6 is 0 Å². The second-order valence-corrected chi connectivity index (χ2v) is 7.43. The van der Waals surface area contributed by atoms with Crippen LogP contribution in [0.1, 0.15) is 38.2 Å².